The Morgan fingerprint density at radius 3 is 2.48 bits per heavy atom. The van der Waals surface area contributed by atoms with E-state index in [1.807, 2.05) is 48.0 Å². The van der Waals surface area contributed by atoms with Crippen LogP contribution in [0.5, 0.6) is 5.75 Å². The van der Waals surface area contributed by atoms with Gasteiger partial charge in [0, 0.05) is 21.1 Å². The third-order valence-electron chi connectivity index (χ3n) is 4.68. The zero-order chi connectivity index (χ0) is 22.0. The Kier molecular flexibility index (Phi) is 5.90. The standard InChI is InChI=1S/C23H18IN3O4/c1-2-31-20-8-4-3-7-19(20)27-22(29)18(21(28)25-23(27)30)14-17-6-5-13-26(17)16-11-9-15(24)10-12-16/h3-14H,2H2,1H3,(H,25,28,30)/b18-14+. The number of halogens is 1. The van der Waals surface area contributed by atoms with E-state index in [2.05, 4.69) is 27.9 Å². The summed E-state index contributed by atoms with van der Waals surface area (Å²) in [6.45, 7) is 2.17. The van der Waals surface area contributed by atoms with Gasteiger partial charge in [-0.05, 0) is 84.1 Å². The molecule has 0 unspecified atom stereocenters. The number of para-hydroxylation sites is 2. The maximum atomic E-state index is 13.2. The number of carbonyl (C=O) groups is 3. The van der Waals surface area contributed by atoms with Gasteiger partial charge in [-0.1, -0.05) is 12.1 Å². The zero-order valence-corrected chi connectivity index (χ0v) is 18.7. The number of rotatable bonds is 5. The van der Waals surface area contributed by atoms with Gasteiger partial charge in [0.05, 0.1) is 12.3 Å². The van der Waals surface area contributed by atoms with Crippen LogP contribution in [-0.2, 0) is 9.59 Å². The van der Waals surface area contributed by atoms with Gasteiger partial charge >= 0.3 is 6.03 Å². The molecule has 1 N–H and O–H groups in total. The fraction of sp³-hybridized carbons (Fsp3) is 0.0870. The number of aromatic nitrogens is 1. The summed E-state index contributed by atoms with van der Waals surface area (Å²) in [4.78, 5) is 39.2. The molecule has 0 aliphatic carbocycles. The first-order valence-electron chi connectivity index (χ1n) is 9.56. The van der Waals surface area contributed by atoms with Gasteiger partial charge in [-0.2, -0.15) is 0 Å². The number of barbiturate groups is 1. The summed E-state index contributed by atoms with van der Waals surface area (Å²) in [5, 5.41) is 2.25. The highest BCUT2D eigenvalue weighted by Gasteiger charge is 2.38. The van der Waals surface area contributed by atoms with E-state index < -0.39 is 17.8 Å². The number of carbonyl (C=O) groups excluding carboxylic acids is 3. The lowest BCUT2D eigenvalue weighted by molar-refractivity contribution is -0.122. The molecule has 7 nitrogen and oxygen atoms in total. The summed E-state index contributed by atoms with van der Waals surface area (Å²) in [5.41, 5.74) is 1.65. The van der Waals surface area contributed by atoms with Gasteiger partial charge < -0.3 is 9.30 Å². The Labute approximate surface area is 192 Å². The third-order valence-corrected chi connectivity index (χ3v) is 5.40. The number of urea groups is 1. The SMILES string of the molecule is CCOc1ccccc1N1C(=O)NC(=O)/C(=C\c2cccn2-c2ccc(I)cc2)C1=O. The highest BCUT2D eigenvalue weighted by atomic mass is 127. The van der Waals surface area contributed by atoms with Crippen LogP contribution in [0.4, 0.5) is 10.5 Å². The van der Waals surface area contributed by atoms with Gasteiger partial charge in [0.15, 0.2) is 0 Å². The number of nitrogens with zero attached hydrogens (tertiary/aromatic N) is 2. The van der Waals surface area contributed by atoms with E-state index in [1.165, 1.54) is 6.08 Å². The number of nitrogens with one attached hydrogen (secondary N) is 1. The molecule has 3 aromatic rings. The number of ether oxygens (including phenoxy) is 1. The van der Waals surface area contributed by atoms with Crippen molar-refractivity contribution < 1.29 is 19.1 Å². The minimum Gasteiger partial charge on any atom is -0.492 e. The number of imide groups is 2. The van der Waals surface area contributed by atoms with E-state index in [4.69, 9.17) is 4.74 Å². The van der Waals surface area contributed by atoms with E-state index in [-0.39, 0.29) is 11.3 Å². The first-order valence-corrected chi connectivity index (χ1v) is 10.6. The van der Waals surface area contributed by atoms with Crippen molar-refractivity contribution in [3.8, 4) is 11.4 Å². The van der Waals surface area contributed by atoms with Gasteiger partial charge in [-0.25, -0.2) is 9.69 Å². The molecule has 1 fully saturated rings. The highest BCUT2D eigenvalue weighted by Crippen LogP contribution is 2.31. The molecule has 0 spiro atoms. The summed E-state index contributed by atoms with van der Waals surface area (Å²) in [6.07, 6.45) is 3.32. The smallest absolute Gasteiger partial charge is 0.336 e. The first kappa shape index (κ1) is 20.9. The van der Waals surface area contributed by atoms with Crippen LogP contribution in [0.15, 0.2) is 72.4 Å². The molecule has 0 saturated carbocycles. The van der Waals surface area contributed by atoms with Crippen LogP contribution < -0.4 is 15.0 Å². The molecule has 1 aliphatic rings. The Balaban J connectivity index is 1.75. The first-order chi connectivity index (χ1) is 15.0. The Bertz CT molecular complexity index is 1200. The molecule has 0 atom stereocenters. The molecule has 8 heteroatoms. The lowest BCUT2D eigenvalue weighted by atomic mass is 10.1. The van der Waals surface area contributed by atoms with E-state index >= 15 is 0 Å². The minimum absolute atomic E-state index is 0.142. The van der Waals surface area contributed by atoms with Crippen molar-refractivity contribution in [2.24, 2.45) is 0 Å². The molecule has 1 saturated heterocycles. The fourth-order valence-corrected chi connectivity index (χ4v) is 3.65. The maximum absolute atomic E-state index is 13.2. The molecule has 0 radical (unpaired) electrons. The normalized spacial score (nSPS) is 15.4. The monoisotopic (exact) mass is 527 g/mol. The van der Waals surface area contributed by atoms with Crippen molar-refractivity contribution in [3.63, 3.8) is 0 Å². The van der Waals surface area contributed by atoms with Gasteiger partial charge in [-0.15, -0.1) is 0 Å². The molecule has 156 valence electrons. The van der Waals surface area contributed by atoms with E-state index in [0.29, 0.717) is 18.1 Å². The summed E-state index contributed by atoms with van der Waals surface area (Å²) in [7, 11) is 0. The quantitative estimate of drug-likeness (QED) is 0.307. The van der Waals surface area contributed by atoms with Crippen LogP contribution in [0, 0.1) is 3.57 Å². The number of hydrogen-bond acceptors (Lipinski definition) is 4. The number of amides is 4. The van der Waals surface area contributed by atoms with Gasteiger partial charge in [0.25, 0.3) is 11.8 Å². The number of benzene rings is 2. The molecule has 2 aromatic carbocycles. The van der Waals surface area contributed by atoms with E-state index in [9.17, 15) is 14.4 Å². The molecule has 31 heavy (non-hydrogen) atoms. The molecule has 1 aliphatic heterocycles. The van der Waals surface area contributed by atoms with Crippen LogP contribution in [0.25, 0.3) is 11.8 Å². The highest BCUT2D eigenvalue weighted by molar-refractivity contribution is 14.1. The Morgan fingerprint density at radius 1 is 1.00 bits per heavy atom. The average molecular weight is 527 g/mol. The largest absolute Gasteiger partial charge is 0.492 e. The van der Waals surface area contributed by atoms with Crippen molar-refractivity contribution in [1.82, 2.24) is 9.88 Å². The fourth-order valence-electron chi connectivity index (χ4n) is 3.29. The summed E-state index contributed by atoms with van der Waals surface area (Å²) >= 11 is 2.22. The Hall–Kier alpha value is -3.40. The summed E-state index contributed by atoms with van der Waals surface area (Å²) in [6, 6.07) is 17.3. The maximum Gasteiger partial charge on any atom is 0.336 e. The van der Waals surface area contributed by atoms with E-state index in [1.54, 1.807) is 30.3 Å². The third kappa shape index (κ3) is 4.11. The molecular formula is C23H18IN3O4. The van der Waals surface area contributed by atoms with Gasteiger partial charge in [0.2, 0.25) is 0 Å². The molecule has 4 amide bonds. The van der Waals surface area contributed by atoms with Gasteiger partial charge in [0.1, 0.15) is 11.3 Å². The van der Waals surface area contributed by atoms with Crippen LogP contribution in [-0.4, -0.2) is 29.0 Å². The predicted octanol–water partition coefficient (Wildman–Crippen LogP) is 4.15. The van der Waals surface area contributed by atoms with Crippen molar-refractivity contribution in [2.75, 3.05) is 11.5 Å². The zero-order valence-electron chi connectivity index (χ0n) is 16.5. The minimum atomic E-state index is -0.813. The van der Waals surface area contributed by atoms with Crippen molar-refractivity contribution >= 4 is 52.2 Å². The summed E-state index contributed by atoms with van der Waals surface area (Å²) in [5.74, 6) is -1.07. The van der Waals surface area contributed by atoms with Crippen LogP contribution in [0.1, 0.15) is 12.6 Å². The molecular weight excluding hydrogens is 509 g/mol. The van der Waals surface area contributed by atoms with Crippen molar-refractivity contribution in [1.29, 1.82) is 0 Å². The summed E-state index contributed by atoms with van der Waals surface area (Å²) < 4.78 is 8.51. The second kappa shape index (κ2) is 8.76. The van der Waals surface area contributed by atoms with Gasteiger partial charge in [-0.3, -0.25) is 14.9 Å². The lowest BCUT2D eigenvalue weighted by Crippen LogP contribution is -2.54. The molecule has 4 rings (SSSR count). The number of anilines is 1. The predicted molar refractivity (Wildman–Crippen MR) is 125 cm³/mol. The molecule has 0 bridgehead atoms. The average Bonchev–Trinajstić information content (AvgIpc) is 3.21. The van der Waals surface area contributed by atoms with Crippen LogP contribution >= 0.6 is 22.6 Å². The van der Waals surface area contributed by atoms with E-state index in [0.717, 1.165) is 14.2 Å². The second-order valence-electron chi connectivity index (χ2n) is 6.64. The van der Waals surface area contributed by atoms with Crippen LogP contribution in [0.3, 0.4) is 0 Å². The molecule has 2 heterocycles. The van der Waals surface area contributed by atoms with Crippen molar-refractivity contribution in [2.45, 2.75) is 6.92 Å². The number of hydrogen-bond donors (Lipinski definition) is 1. The Morgan fingerprint density at radius 2 is 1.74 bits per heavy atom. The lowest BCUT2D eigenvalue weighted by Gasteiger charge is -2.27. The second-order valence-corrected chi connectivity index (χ2v) is 7.88. The van der Waals surface area contributed by atoms with Crippen LogP contribution in [0.2, 0.25) is 0 Å². The topological polar surface area (TPSA) is 80.6 Å². The van der Waals surface area contributed by atoms with Crippen molar-refractivity contribution in [3.05, 3.63) is 81.7 Å². The molecule has 1 aromatic heterocycles.